The summed E-state index contributed by atoms with van der Waals surface area (Å²) in [6.45, 7) is 4.07. The van der Waals surface area contributed by atoms with Gasteiger partial charge in [-0.1, -0.05) is 13.8 Å². The Balaban J connectivity index is 2.27. The number of rotatable bonds is 3. The van der Waals surface area contributed by atoms with Gasteiger partial charge < -0.3 is 5.73 Å². The highest BCUT2D eigenvalue weighted by molar-refractivity contribution is 7.99. The van der Waals surface area contributed by atoms with Crippen molar-refractivity contribution >= 4 is 17.6 Å². The predicted molar refractivity (Wildman–Crippen MR) is 66.7 cm³/mol. The first-order chi connectivity index (χ1) is 8.15. The summed E-state index contributed by atoms with van der Waals surface area (Å²) in [6, 6.07) is 3.58. The standard InChI is InChI=1S/C11H13N5S/c1-7(2)11-15-8(12)5-10(16-11)17-9-3-4-13-6-14-9/h3-7H,1-2H3,(H2,12,15,16). The largest absolute Gasteiger partial charge is 0.384 e. The summed E-state index contributed by atoms with van der Waals surface area (Å²) >= 11 is 1.45. The van der Waals surface area contributed by atoms with E-state index >= 15 is 0 Å². The molecule has 0 aromatic carbocycles. The molecule has 2 rings (SSSR count). The van der Waals surface area contributed by atoms with Gasteiger partial charge in [-0.25, -0.2) is 19.9 Å². The smallest absolute Gasteiger partial charge is 0.134 e. The maximum absolute atomic E-state index is 5.75. The van der Waals surface area contributed by atoms with Gasteiger partial charge in [0.1, 0.15) is 28.0 Å². The second-order valence-electron chi connectivity index (χ2n) is 3.79. The first-order valence-corrected chi connectivity index (χ1v) is 6.05. The topological polar surface area (TPSA) is 77.6 Å². The molecule has 5 nitrogen and oxygen atoms in total. The molecular weight excluding hydrogens is 234 g/mol. The molecule has 88 valence electrons. The Labute approximate surface area is 104 Å². The van der Waals surface area contributed by atoms with Gasteiger partial charge in [0, 0.05) is 18.2 Å². The molecule has 17 heavy (non-hydrogen) atoms. The van der Waals surface area contributed by atoms with E-state index in [1.54, 1.807) is 12.3 Å². The van der Waals surface area contributed by atoms with Gasteiger partial charge in [-0.3, -0.25) is 0 Å². The van der Waals surface area contributed by atoms with Crippen molar-refractivity contribution in [3.63, 3.8) is 0 Å². The van der Waals surface area contributed by atoms with Crippen LogP contribution in [0, 0.1) is 0 Å². The van der Waals surface area contributed by atoms with E-state index < -0.39 is 0 Å². The van der Waals surface area contributed by atoms with Gasteiger partial charge >= 0.3 is 0 Å². The molecule has 2 aromatic rings. The number of nitrogen functional groups attached to an aromatic ring is 1. The van der Waals surface area contributed by atoms with E-state index in [-0.39, 0.29) is 5.92 Å². The Bertz CT molecular complexity index is 500. The van der Waals surface area contributed by atoms with Gasteiger partial charge in [0.15, 0.2) is 0 Å². The lowest BCUT2D eigenvalue weighted by Crippen LogP contribution is -2.02. The van der Waals surface area contributed by atoms with Crippen LogP contribution < -0.4 is 5.73 Å². The van der Waals surface area contributed by atoms with E-state index in [1.807, 2.05) is 19.9 Å². The van der Waals surface area contributed by atoms with Crippen LogP contribution in [0.4, 0.5) is 5.82 Å². The Morgan fingerprint density at radius 3 is 2.71 bits per heavy atom. The zero-order valence-corrected chi connectivity index (χ0v) is 10.5. The minimum Gasteiger partial charge on any atom is -0.384 e. The van der Waals surface area contributed by atoms with Crippen molar-refractivity contribution in [3.8, 4) is 0 Å². The quantitative estimate of drug-likeness (QED) is 0.837. The summed E-state index contributed by atoms with van der Waals surface area (Å²) in [4.78, 5) is 16.6. The molecule has 0 radical (unpaired) electrons. The monoisotopic (exact) mass is 247 g/mol. The van der Waals surface area contributed by atoms with Crippen LogP contribution in [0.1, 0.15) is 25.6 Å². The van der Waals surface area contributed by atoms with Crippen LogP contribution in [0.3, 0.4) is 0 Å². The van der Waals surface area contributed by atoms with Gasteiger partial charge in [0.2, 0.25) is 0 Å². The molecule has 0 aliphatic rings. The van der Waals surface area contributed by atoms with Gasteiger partial charge in [0.05, 0.1) is 0 Å². The molecule has 0 saturated carbocycles. The molecule has 2 N–H and O–H groups in total. The zero-order valence-electron chi connectivity index (χ0n) is 9.66. The molecule has 0 fully saturated rings. The van der Waals surface area contributed by atoms with E-state index in [4.69, 9.17) is 5.73 Å². The Kier molecular flexibility index (Phi) is 3.53. The molecule has 0 atom stereocenters. The predicted octanol–water partition coefficient (Wildman–Crippen LogP) is 2.12. The maximum atomic E-state index is 5.75. The van der Waals surface area contributed by atoms with Crippen molar-refractivity contribution in [2.24, 2.45) is 0 Å². The first-order valence-electron chi connectivity index (χ1n) is 5.23. The van der Waals surface area contributed by atoms with Crippen molar-refractivity contribution in [1.29, 1.82) is 0 Å². The second kappa shape index (κ2) is 5.09. The van der Waals surface area contributed by atoms with E-state index in [0.717, 1.165) is 15.9 Å². The van der Waals surface area contributed by atoms with Crippen LogP contribution in [-0.2, 0) is 0 Å². The van der Waals surface area contributed by atoms with Gasteiger partial charge in [-0.15, -0.1) is 0 Å². The summed E-state index contributed by atoms with van der Waals surface area (Å²) in [7, 11) is 0. The fraction of sp³-hybridized carbons (Fsp3) is 0.273. The van der Waals surface area contributed by atoms with Crippen LogP contribution in [-0.4, -0.2) is 19.9 Å². The molecule has 0 saturated heterocycles. The third-order valence-corrected chi connectivity index (χ3v) is 2.89. The second-order valence-corrected chi connectivity index (χ2v) is 4.83. The number of anilines is 1. The van der Waals surface area contributed by atoms with Gasteiger partial charge in [0.25, 0.3) is 0 Å². The van der Waals surface area contributed by atoms with Gasteiger partial charge in [-0.05, 0) is 17.8 Å². The molecule has 0 bridgehead atoms. The first kappa shape index (κ1) is 11.8. The Morgan fingerprint density at radius 2 is 2.06 bits per heavy atom. The van der Waals surface area contributed by atoms with Crippen molar-refractivity contribution < 1.29 is 0 Å². The lowest BCUT2D eigenvalue weighted by atomic mass is 10.2. The number of hydrogen-bond donors (Lipinski definition) is 1. The molecule has 0 aliphatic carbocycles. The molecular formula is C11H13N5S. The molecule has 0 aliphatic heterocycles. The normalized spacial score (nSPS) is 10.8. The third kappa shape index (κ3) is 3.13. The number of aromatic nitrogens is 4. The number of hydrogen-bond acceptors (Lipinski definition) is 6. The molecule has 6 heteroatoms. The van der Waals surface area contributed by atoms with Crippen LogP contribution in [0.2, 0.25) is 0 Å². The lowest BCUT2D eigenvalue weighted by Gasteiger charge is -2.07. The molecule has 0 spiro atoms. The van der Waals surface area contributed by atoms with E-state index in [9.17, 15) is 0 Å². The van der Waals surface area contributed by atoms with Crippen LogP contribution >= 0.6 is 11.8 Å². The van der Waals surface area contributed by atoms with E-state index in [0.29, 0.717) is 5.82 Å². The fourth-order valence-corrected chi connectivity index (χ4v) is 1.98. The molecule has 0 unspecified atom stereocenters. The fourth-order valence-electron chi connectivity index (χ4n) is 1.22. The van der Waals surface area contributed by atoms with Crippen molar-refractivity contribution in [1.82, 2.24) is 19.9 Å². The van der Waals surface area contributed by atoms with Crippen LogP contribution in [0.25, 0.3) is 0 Å². The van der Waals surface area contributed by atoms with E-state index in [2.05, 4.69) is 19.9 Å². The molecule has 2 aromatic heterocycles. The third-order valence-electron chi connectivity index (χ3n) is 2.02. The van der Waals surface area contributed by atoms with Crippen molar-refractivity contribution in [2.45, 2.75) is 29.8 Å². The van der Waals surface area contributed by atoms with Crippen LogP contribution in [0.15, 0.2) is 34.7 Å². The van der Waals surface area contributed by atoms with Gasteiger partial charge in [-0.2, -0.15) is 0 Å². The highest BCUT2D eigenvalue weighted by Gasteiger charge is 2.08. The molecule has 2 heterocycles. The summed E-state index contributed by atoms with van der Waals surface area (Å²) < 4.78 is 0. The summed E-state index contributed by atoms with van der Waals surface area (Å²) in [6.07, 6.45) is 3.21. The average molecular weight is 247 g/mol. The minimum absolute atomic E-state index is 0.253. The average Bonchev–Trinajstić information content (AvgIpc) is 2.29. The van der Waals surface area contributed by atoms with E-state index in [1.165, 1.54) is 18.1 Å². The summed E-state index contributed by atoms with van der Waals surface area (Å²) in [5.74, 6) is 1.49. The summed E-state index contributed by atoms with van der Waals surface area (Å²) in [5, 5.41) is 1.65. The SMILES string of the molecule is CC(C)c1nc(N)cc(Sc2ccncn2)n1. The zero-order chi connectivity index (χ0) is 12.3. The Hall–Kier alpha value is -1.69. The molecule has 0 amide bonds. The highest BCUT2D eigenvalue weighted by atomic mass is 32.2. The number of nitrogens with zero attached hydrogens (tertiary/aromatic N) is 4. The lowest BCUT2D eigenvalue weighted by molar-refractivity contribution is 0.756. The Morgan fingerprint density at radius 1 is 1.24 bits per heavy atom. The minimum atomic E-state index is 0.253. The highest BCUT2D eigenvalue weighted by Crippen LogP contribution is 2.25. The number of nitrogens with two attached hydrogens (primary N) is 1. The van der Waals surface area contributed by atoms with Crippen LogP contribution in [0.5, 0.6) is 0 Å². The maximum Gasteiger partial charge on any atom is 0.134 e. The van der Waals surface area contributed by atoms with Crippen molar-refractivity contribution in [3.05, 3.63) is 30.5 Å². The van der Waals surface area contributed by atoms with Crippen molar-refractivity contribution in [2.75, 3.05) is 5.73 Å². The summed E-state index contributed by atoms with van der Waals surface area (Å²) in [5.41, 5.74) is 5.75.